The molecule has 1 atom stereocenters. The van der Waals surface area contributed by atoms with Gasteiger partial charge in [0.15, 0.2) is 0 Å². The lowest BCUT2D eigenvalue weighted by molar-refractivity contribution is -0.140. The molecule has 0 N–H and O–H groups in total. The fourth-order valence-corrected chi connectivity index (χ4v) is 3.48. The molecule has 0 aromatic heterocycles. The van der Waals surface area contributed by atoms with Crippen molar-refractivity contribution in [3.05, 3.63) is 35.6 Å². The number of benzene rings is 1. The van der Waals surface area contributed by atoms with E-state index in [9.17, 15) is 9.18 Å². The Labute approximate surface area is 126 Å². The van der Waals surface area contributed by atoms with E-state index in [2.05, 4.69) is 4.90 Å². The Morgan fingerprint density at radius 1 is 1.19 bits per heavy atom. The summed E-state index contributed by atoms with van der Waals surface area (Å²) in [7, 11) is 0. The van der Waals surface area contributed by atoms with Gasteiger partial charge in [0, 0.05) is 19.0 Å². The Morgan fingerprint density at radius 3 is 2.71 bits per heavy atom. The second-order valence-corrected chi connectivity index (χ2v) is 6.55. The van der Waals surface area contributed by atoms with Crippen molar-refractivity contribution >= 4 is 5.91 Å². The highest BCUT2D eigenvalue weighted by molar-refractivity contribution is 5.79. The number of amides is 1. The topological polar surface area (TPSA) is 20.3 Å². The molecule has 3 rings (SSSR count). The van der Waals surface area contributed by atoms with Crippen LogP contribution in [0.4, 0.5) is 4.39 Å². The minimum absolute atomic E-state index is 0.101. The zero-order valence-electron chi connectivity index (χ0n) is 12.6. The molecule has 1 saturated carbocycles. The van der Waals surface area contributed by atoms with Crippen LogP contribution < -0.4 is 0 Å². The molecule has 0 bridgehead atoms. The van der Waals surface area contributed by atoms with E-state index in [1.165, 1.54) is 18.9 Å². The molecule has 3 heteroatoms. The van der Waals surface area contributed by atoms with Gasteiger partial charge in [-0.2, -0.15) is 0 Å². The molecule has 2 nitrogen and oxygen atoms in total. The lowest BCUT2D eigenvalue weighted by Gasteiger charge is -2.37. The molecule has 0 radical (unpaired) electrons. The van der Waals surface area contributed by atoms with Gasteiger partial charge in [-0.15, -0.1) is 0 Å². The van der Waals surface area contributed by atoms with E-state index >= 15 is 0 Å². The largest absolute Gasteiger partial charge is 0.342 e. The SMILES string of the molecule is O=C(C1CCC1)N1CCC[C@@H](CCc2ccccc2F)C1. The summed E-state index contributed by atoms with van der Waals surface area (Å²) in [6.07, 6.45) is 7.40. The predicted octanol–water partition coefficient (Wildman–Crippen LogP) is 3.80. The van der Waals surface area contributed by atoms with Crippen LogP contribution in [-0.4, -0.2) is 23.9 Å². The number of carbonyl (C=O) groups is 1. The van der Waals surface area contributed by atoms with Crippen molar-refractivity contribution in [2.75, 3.05) is 13.1 Å². The normalized spacial score (nSPS) is 22.9. The Bertz CT molecular complexity index is 498. The van der Waals surface area contributed by atoms with Crippen molar-refractivity contribution < 1.29 is 9.18 Å². The van der Waals surface area contributed by atoms with Crippen molar-refractivity contribution in [3.8, 4) is 0 Å². The number of halogens is 1. The van der Waals surface area contributed by atoms with Crippen LogP contribution in [-0.2, 0) is 11.2 Å². The van der Waals surface area contributed by atoms with E-state index in [-0.39, 0.29) is 5.82 Å². The van der Waals surface area contributed by atoms with Gasteiger partial charge in [-0.3, -0.25) is 4.79 Å². The highest BCUT2D eigenvalue weighted by Crippen LogP contribution is 2.30. The third-order valence-corrected chi connectivity index (χ3v) is 5.06. The van der Waals surface area contributed by atoms with E-state index < -0.39 is 0 Å². The molecular formula is C18H24FNO. The number of likely N-dealkylation sites (tertiary alicyclic amines) is 1. The Balaban J connectivity index is 1.51. The number of carbonyl (C=O) groups excluding carboxylic acids is 1. The first-order valence-electron chi connectivity index (χ1n) is 8.26. The molecule has 1 saturated heterocycles. The second kappa shape index (κ2) is 6.59. The first kappa shape index (κ1) is 14.6. The molecule has 1 heterocycles. The van der Waals surface area contributed by atoms with Crippen LogP contribution in [0.1, 0.15) is 44.1 Å². The van der Waals surface area contributed by atoms with Gasteiger partial charge in [0.2, 0.25) is 5.91 Å². The summed E-state index contributed by atoms with van der Waals surface area (Å²) in [5, 5.41) is 0. The minimum atomic E-state index is -0.101. The fraction of sp³-hybridized carbons (Fsp3) is 0.611. The van der Waals surface area contributed by atoms with Crippen LogP contribution in [0.3, 0.4) is 0 Å². The van der Waals surface area contributed by atoms with Crippen molar-refractivity contribution in [3.63, 3.8) is 0 Å². The molecular weight excluding hydrogens is 265 g/mol. The van der Waals surface area contributed by atoms with E-state index in [1.807, 2.05) is 12.1 Å². The van der Waals surface area contributed by atoms with Gasteiger partial charge in [0.05, 0.1) is 0 Å². The number of rotatable bonds is 4. The summed E-state index contributed by atoms with van der Waals surface area (Å²) in [6, 6.07) is 7.03. The van der Waals surface area contributed by atoms with Gasteiger partial charge in [0.1, 0.15) is 5.82 Å². The number of hydrogen-bond donors (Lipinski definition) is 0. The Hall–Kier alpha value is -1.38. The van der Waals surface area contributed by atoms with Gasteiger partial charge < -0.3 is 4.90 Å². The summed E-state index contributed by atoms with van der Waals surface area (Å²) in [6.45, 7) is 1.80. The van der Waals surface area contributed by atoms with E-state index in [0.29, 0.717) is 17.7 Å². The van der Waals surface area contributed by atoms with Crippen molar-refractivity contribution in [1.82, 2.24) is 4.90 Å². The summed E-state index contributed by atoms with van der Waals surface area (Å²) in [4.78, 5) is 14.4. The predicted molar refractivity (Wildman–Crippen MR) is 81.4 cm³/mol. The number of piperidine rings is 1. The zero-order chi connectivity index (χ0) is 14.7. The lowest BCUT2D eigenvalue weighted by atomic mass is 9.83. The van der Waals surface area contributed by atoms with Crippen LogP contribution in [0.2, 0.25) is 0 Å². The molecule has 2 aliphatic rings. The maximum atomic E-state index is 13.6. The Kier molecular flexibility index (Phi) is 4.57. The first-order valence-corrected chi connectivity index (χ1v) is 8.26. The van der Waals surface area contributed by atoms with E-state index in [1.54, 1.807) is 6.07 Å². The molecule has 21 heavy (non-hydrogen) atoms. The van der Waals surface area contributed by atoms with Gasteiger partial charge in [-0.25, -0.2) is 4.39 Å². The number of nitrogens with zero attached hydrogens (tertiary/aromatic N) is 1. The van der Waals surface area contributed by atoms with Gasteiger partial charge in [-0.1, -0.05) is 24.6 Å². The van der Waals surface area contributed by atoms with Crippen molar-refractivity contribution in [2.45, 2.75) is 44.9 Å². The third-order valence-electron chi connectivity index (χ3n) is 5.06. The molecule has 1 aliphatic heterocycles. The van der Waals surface area contributed by atoms with Crippen LogP contribution in [0.25, 0.3) is 0 Å². The second-order valence-electron chi connectivity index (χ2n) is 6.55. The molecule has 0 unspecified atom stereocenters. The molecule has 114 valence electrons. The monoisotopic (exact) mass is 289 g/mol. The smallest absolute Gasteiger partial charge is 0.225 e. The van der Waals surface area contributed by atoms with Crippen LogP contribution in [0, 0.1) is 17.7 Å². The maximum absolute atomic E-state index is 13.6. The van der Waals surface area contributed by atoms with Crippen LogP contribution in [0.5, 0.6) is 0 Å². The van der Waals surface area contributed by atoms with Crippen molar-refractivity contribution in [2.24, 2.45) is 11.8 Å². The maximum Gasteiger partial charge on any atom is 0.225 e. The first-order chi connectivity index (χ1) is 10.2. The van der Waals surface area contributed by atoms with E-state index in [0.717, 1.165) is 50.8 Å². The summed E-state index contributed by atoms with van der Waals surface area (Å²) >= 11 is 0. The highest BCUT2D eigenvalue weighted by atomic mass is 19.1. The molecule has 1 aromatic rings. The molecule has 1 aromatic carbocycles. The van der Waals surface area contributed by atoms with Crippen LogP contribution in [0.15, 0.2) is 24.3 Å². The molecule has 1 amide bonds. The molecule has 1 aliphatic carbocycles. The van der Waals surface area contributed by atoms with E-state index in [4.69, 9.17) is 0 Å². The Morgan fingerprint density at radius 2 is 2.00 bits per heavy atom. The van der Waals surface area contributed by atoms with Gasteiger partial charge in [-0.05, 0) is 56.1 Å². The fourth-order valence-electron chi connectivity index (χ4n) is 3.48. The summed E-state index contributed by atoms with van der Waals surface area (Å²) in [5.41, 5.74) is 0.806. The standard InChI is InChI=1S/C18H24FNO/c19-17-9-2-1-6-15(17)11-10-14-5-4-12-20(13-14)18(21)16-7-3-8-16/h1-2,6,9,14,16H,3-5,7-8,10-13H2/t14-/m0/s1. The summed E-state index contributed by atoms with van der Waals surface area (Å²) in [5.74, 6) is 1.10. The molecule has 0 spiro atoms. The number of hydrogen-bond acceptors (Lipinski definition) is 1. The average Bonchev–Trinajstić information content (AvgIpc) is 2.45. The highest BCUT2D eigenvalue weighted by Gasteiger charge is 2.32. The van der Waals surface area contributed by atoms with Crippen LogP contribution >= 0.6 is 0 Å². The van der Waals surface area contributed by atoms with Gasteiger partial charge in [0.25, 0.3) is 0 Å². The minimum Gasteiger partial charge on any atom is -0.342 e. The van der Waals surface area contributed by atoms with Gasteiger partial charge >= 0.3 is 0 Å². The third kappa shape index (κ3) is 3.45. The van der Waals surface area contributed by atoms with Crippen molar-refractivity contribution in [1.29, 1.82) is 0 Å². The number of aryl methyl sites for hydroxylation is 1. The lowest BCUT2D eigenvalue weighted by Crippen LogP contribution is -2.44. The zero-order valence-corrected chi connectivity index (χ0v) is 12.6. The molecule has 2 fully saturated rings. The quantitative estimate of drug-likeness (QED) is 0.825. The summed E-state index contributed by atoms with van der Waals surface area (Å²) < 4.78 is 13.6. The average molecular weight is 289 g/mol.